The van der Waals surface area contributed by atoms with Gasteiger partial charge in [-0.05, 0) is 71.2 Å². The second-order valence-electron chi connectivity index (χ2n) is 12.4. The number of anilines is 2. The third-order valence-electron chi connectivity index (χ3n) is 9.18. The normalized spacial score (nSPS) is 25.6. The van der Waals surface area contributed by atoms with E-state index in [4.69, 9.17) is 4.74 Å². The van der Waals surface area contributed by atoms with E-state index in [1.54, 1.807) is 11.0 Å². The van der Waals surface area contributed by atoms with Gasteiger partial charge < -0.3 is 19.9 Å². The number of amides is 3. The van der Waals surface area contributed by atoms with Crippen LogP contribution in [0.25, 0.3) is 5.57 Å². The maximum Gasteiger partial charge on any atom is 0.414 e. The summed E-state index contributed by atoms with van der Waals surface area (Å²) in [5.41, 5.74) is -0.516. The summed E-state index contributed by atoms with van der Waals surface area (Å²) >= 11 is 0. The summed E-state index contributed by atoms with van der Waals surface area (Å²) in [4.78, 5) is 46.7. The van der Waals surface area contributed by atoms with E-state index in [1.807, 2.05) is 32.7 Å². The first-order valence-corrected chi connectivity index (χ1v) is 14.8. The van der Waals surface area contributed by atoms with Crippen molar-refractivity contribution in [2.45, 2.75) is 70.3 Å². The zero-order chi connectivity index (χ0) is 32.0. The molecule has 0 spiro atoms. The Hall–Kier alpha value is -3.74. The number of ether oxygens (including phenoxy) is 1. The molecular formula is C31H37F4N5O4. The molecule has 1 unspecified atom stereocenters. The maximum absolute atomic E-state index is 15.8. The summed E-state index contributed by atoms with van der Waals surface area (Å²) in [5, 5.41) is 2.59. The van der Waals surface area contributed by atoms with Crippen LogP contribution in [0.3, 0.4) is 0 Å². The quantitative estimate of drug-likeness (QED) is 0.457. The number of aliphatic imine (C=N–C) groups is 1. The van der Waals surface area contributed by atoms with Crippen LogP contribution >= 0.6 is 0 Å². The summed E-state index contributed by atoms with van der Waals surface area (Å²) in [6, 6.07) is 2.90. The van der Waals surface area contributed by atoms with Crippen molar-refractivity contribution in [3.63, 3.8) is 0 Å². The molecular weight excluding hydrogens is 582 g/mol. The fraction of sp³-hybridized carbons (Fsp3) is 0.548. The lowest BCUT2D eigenvalue weighted by atomic mass is 9.82. The summed E-state index contributed by atoms with van der Waals surface area (Å²) in [6.07, 6.45) is 0.323. The van der Waals surface area contributed by atoms with E-state index in [9.17, 15) is 27.6 Å². The number of benzene rings is 1. The van der Waals surface area contributed by atoms with Crippen LogP contribution in [0.4, 0.5) is 33.7 Å². The Morgan fingerprint density at radius 2 is 1.82 bits per heavy atom. The third-order valence-corrected chi connectivity index (χ3v) is 9.18. The lowest BCUT2D eigenvalue weighted by Gasteiger charge is -2.44. The fourth-order valence-corrected chi connectivity index (χ4v) is 6.07. The molecule has 3 aliphatic heterocycles. The van der Waals surface area contributed by atoms with E-state index >= 15 is 4.39 Å². The van der Waals surface area contributed by atoms with Gasteiger partial charge in [0, 0.05) is 56.1 Å². The molecule has 1 saturated heterocycles. The smallest absolute Gasteiger partial charge is 0.414 e. The Labute approximate surface area is 253 Å². The van der Waals surface area contributed by atoms with Crippen LogP contribution in [0.15, 0.2) is 34.9 Å². The van der Waals surface area contributed by atoms with Crippen LogP contribution in [0.5, 0.6) is 0 Å². The van der Waals surface area contributed by atoms with Gasteiger partial charge in [-0.2, -0.15) is 13.2 Å². The largest absolute Gasteiger partial charge is 0.443 e. The molecule has 1 aromatic carbocycles. The number of hydrogen-bond donors (Lipinski definition) is 1. The minimum atomic E-state index is -4.93. The van der Waals surface area contributed by atoms with Crippen molar-refractivity contribution in [2.75, 3.05) is 43.4 Å². The van der Waals surface area contributed by atoms with Crippen molar-refractivity contribution in [3.8, 4) is 0 Å². The number of halogens is 4. The first-order valence-electron chi connectivity index (χ1n) is 14.8. The maximum atomic E-state index is 15.8. The molecule has 1 aliphatic carbocycles. The number of hydrogen-bond acceptors (Lipinski definition) is 6. The molecule has 0 bridgehead atoms. The molecule has 5 rings (SSSR count). The molecule has 3 heterocycles. The van der Waals surface area contributed by atoms with Gasteiger partial charge >= 0.3 is 12.3 Å². The highest BCUT2D eigenvalue weighted by molar-refractivity contribution is 6.11. The highest BCUT2D eigenvalue weighted by Crippen LogP contribution is 2.39. The van der Waals surface area contributed by atoms with Gasteiger partial charge in [-0.1, -0.05) is 6.08 Å². The molecule has 13 heteroatoms. The van der Waals surface area contributed by atoms with Gasteiger partial charge in [-0.15, -0.1) is 0 Å². The van der Waals surface area contributed by atoms with E-state index in [0.717, 1.165) is 19.3 Å². The van der Waals surface area contributed by atoms with Crippen LogP contribution in [0.1, 0.15) is 52.0 Å². The molecule has 1 saturated carbocycles. The Morgan fingerprint density at radius 3 is 2.39 bits per heavy atom. The Balaban J connectivity index is 1.45. The third kappa shape index (κ3) is 6.52. The van der Waals surface area contributed by atoms with Crippen LogP contribution < -0.4 is 10.2 Å². The molecule has 0 aromatic heterocycles. The zero-order valence-corrected chi connectivity index (χ0v) is 25.2. The Morgan fingerprint density at radius 1 is 1.14 bits per heavy atom. The van der Waals surface area contributed by atoms with Gasteiger partial charge in [0.1, 0.15) is 17.3 Å². The van der Waals surface area contributed by atoms with Gasteiger partial charge in [0.25, 0.3) is 5.91 Å². The molecule has 44 heavy (non-hydrogen) atoms. The average Bonchev–Trinajstić information content (AvgIpc) is 2.95. The van der Waals surface area contributed by atoms with E-state index in [1.165, 1.54) is 12.1 Å². The van der Waals surface area contributed by atoms with Gasteiger partial charge in [0.05, 0.1) is 16.9 Å². The lowest BCUT2D eigenvalue weighted by Crippen LogP contribution is -2.55. The van der Waals surface area contributed by atoms with Crippen LogP contribution in [0.2, 0.25) is 0 Å². The summed E-state index contributed by atoms with van der Waals surface area (Å²) in [5.74, 6) is -4.56. The van der Waals surface area contributed by atoms with Crippen LogP contribution in [-0.2, 0) is 14.3 Å². The van der Waals surface area contributed by atoms with Gasteiger partial charge in [-0.25, -0.2) is 14.2 Å². The predicted octanol–water partition coefficient (Wildman–Crippen LogP) is 5.18. The van der Waals surface area contributed by atoms with Gasteiger partial charge in [0.2, 0.25) is 5.91 Å². The van der Waals surface area contributed by atoms with E-state index in [2.05, 4.69) is 15.2 Å². The number of nitrogens with zero attached hydrogens (tertiary/aromatic N) is 4. The molecule has 1 aromatic rings. The summed E-state index contributed by atoms with van der Waals surface area (Å²) in [7, 11) is 1.98. The number of likely N-dealkylation sites (N-methyl/N-ethyl adjacent to an activating group) is 1. The molecule has 1 N–H and O–H groups in total. The number of nitrogens with one attached hydrogen (secondary N) is 1. The molecule has 4 aliphatic rings. The van der Waals surface area contributed by atoms with E-state index < -0.39 is 47.0 Å². The SMILES string of the molecule is C[C@@H]1CN(c2cc(F)c(C3=CCN(C(=O)OC4(C)CCC4)CC3)cc2NC(=O)C2C=NC(=O)C=C2C(F)(F)F)C[C@H](C)N1C. The van der Waals surface area contributed by atoms with Gasteiger partial charge in [0.15, 0.2) is 0 Å². The second-order valence-corrected chi connectivity index (χ2v) is 12.4. The number of piperazine rings is 1. The van der Waals surface area contributed by atoms with Gasteiger partial charge in [-0.3, -0.25) is 14.5 Å². The average molecular weight is 620 g/mol. The number of rotatable bonds is 5. The van der Waals surface area contributed by atoms with Crippen molar-refractivity contribution >= 4 is 41.1 Å². The van der Waals surface area contributed by atoms with E-state index in [0.29, 0.717) is 49.6 Å². The predicted molar refractivity (Wildman–Crippen MR) is 158 cm³/mol. The minimum Gasteiger partial charge on any atom is -0.443 e. The minimum absolute atomic E-state index is 0.0790. The number of carbonyl (C=O) groups excluding carboxylic acids is 3. The molecule has 2 fully saturated rings. The summed E-state index contributed by atoms with van der Waals surface area (Å²) < 4.78 is 62.7. The monoisotopic (exact) mass is 619 g/mol. The Bertz CT molecular complexity index is 1420. The number of carbonyl (C=O) groups is 3. The van der Waals surface area contributed by atoms with Crippen molar-refractivity contribution in [3.05, 3.63) is 41.2 Å². The van der Waals surface area contributed by atoms with Crippen molar-refractivity contribution in [1.82, 2.24) is 9.80 Å². The highest BCUT2D eigenvalue weighted by Gasteiger charge is 2.43. The molecule has 3 atom stereocenters. The van der Waals surface area contributed by atoms with Crippen LogP contribution in [0, 0.1) is 11.7 Å². The fourth-order valence-electron chi connectivity index (χ4n) is 6.07. The lowest BCUT2D eigenvalue weighted by molar-refractivity contribution is -0.124. The first-order chi connectivity index (χ1) is 20.6. The van der Waals surface area contributed by atoms with Crippen molar-refractivity contribution in [2.24, 2.45) is 10.9 Å². The van der Waals surface area contributed by atoms with Crippen molar-refractivity contribution in [1.29, 1.82) is 0 Å². The molecule has 3 amide bonds. The summed E-state index contributed by atoms with van der Waals surface area (Å²) in [6.45, 7) is 7.41. The highest BCUT2D eigenvalue weighted by atomic mass is 19.4. The second kappa shape index (κ2) is 12.0. The Kier molecular flexibility index (Phi) is 8.63. The first kappa shape index (κ1) is 31.7. The number of dihydropyridines is 1. The standard InChI is InChI=1S/C31H37F4N5O4/c1-18-16-40(17-19(2)38(18)4)26-14-24(32)21(20-6-10-39(11-7-20)29(43)44-30(3)8-5-9-30)12-25(26)37-28(42)22-15-36-27(41)13-23(22)31(33,34)35/h6,12-15,18-19,22H,5,7-11,16-17H2,1-4H3,(H,37,42)/t18-,19+,22?. The number of alkyl halides is 3. The zero-order valence-electron chi connectivity index (χ0n) is 25.2. The topological polar surface area (TPSA) is 94.5 Å². The molecule has 9 nitrogen and oxygen atoms in total. The van der Waals surface area contributed by atoms with E-state index in [-0.39, 0.29) is 29.9 Å². The molecule has 238 valence electrons. The van der Waals surface area contributed by atoms with Crippen molar-refractivity contribution < 1.29 is 36.7 Å². The molecule has 0 radical (unpaired) electrons. The van der Waals surface area contributed by atoms with Crippen LogP contribution in [-0.4, -0.2) is 91.0 Å².